The number of aromatic nitrogens is 1. The molecule has 1 atom stereocenters. The molecule has 1 N–H and O–H groups in total. The van der Waals surface area contributed by atoms with Gasteiger partial charge in [0.15, 0.2) is 0 Å². The third-order valence-corrected chi connectivity index (χ3v) is 4.05. The van der Waals surface area contributed by atoms with Crippen LogP contribution in [0.4, 0.5) is 4.39 Å². The van der Waals surface area contributed by atoms with E-state index in [-0.39, 0.29) is 16.9 Å². The lowest BCUT2D eigenvalue weighted by Gasteiger charge is -2.29. The third-order valence-electron chi connectivity index (χ3n) is 3.81. The third kappa shape index (κ3) is 3.85. The van der Waals surface area contributed by atoms with E-state index in [0.29, 0.717) is 5.02 Å². The van der Waals surface area contributed by atoms with E-state index in [0.717, 1.165) is 10.6 Å². The molecule has 1 aromatic heterocycles. The van der Waals surface area contributed by atoms with Crippen molar-refractivity contribution in [1.29, 1.82) is 0 Å². The highest BCUT2D eigenvalue weighted by Crippen LogP contribution is 2.35. The number of carboxylic acid groups (broad SMARTS) is 1. The van der Waals surface area contributed by atoms with E-state index < -0.39 is 28.8 Å². The van der Waals surface area contributed by atoms with E-state index in [1.54, 1.807) is 20.8 Å². The standard InChI is InChI=1S/C18H19ClFNO4/c1-18(2,3)16(17(23)24)21-9-14(25-4)12(8-15(21)22)11-7-10(19)5-6-13(11)20/h5-9,16H,1-4H3,(H,23,24). The molecule has 1 unspecified atom stereocenters. The Morgan fingerprint density at radius 1 is 1.28 bits per heavy atom. The molecule has 0 bridgehead atoms. The Kier molecular flexibility index (Phi) is 5.23. The first kappa shape index (κ1) is 19.0. The second kappa shape index (κ2) is 6.88. The Morgan fingerprint density at radius 3 is 2.44 bits per heavy atom. The average Bonchev–Trinajstić information content (AvgIpc) is 2.49. The van der Waals surface area contributed by atoms with Crippen molar-refractivity contribution in [2.45, 2.75) is 26.8 Å². The fourth-order valence-corrected chi connectivity index (χ4v) is 2.89. The number of carbonyl (C=O) groups is 1. The van der Waals surface area contributed by atoms with Crippen LogP contribution < -0.4 is 10.3 Å². The molecule has 0 fully saturated rings. The first-order chi connectivity index (χ1) is 11.6. The minimum Gasteiger partial charge on any atom is -0.495 e. The summed E-state index contributed by atoms with van der Waals surface area (Å²) in [4.78, 5) is 24.2. The maximum absolute atomic E-state index is 14.2. The molecule has 0 saturated carbocycles. The minimum atomic E-state index is -1.14. The van der Waals surface area contributed by atoms with Gasteiger partial charge in [-0.25, -0.2) is 9.18 Å². The Morgan fingerprint density at radius 2 is 1.92 bits per heavy atom. The molecule has 0 radical (unpaired) electrons. The SMILES string of the molecule is COc1cn(C(C(=O)O)C(C)(C)C)c(=O)cc1-c1cc(Cl)ccc1F. The molecule has 0 amide bonds. The lowest BCUT2D eigenvalue weighted by atomic mass is 9.86. The summed E-state index contributed by atoms with van der Waals surface area (Å²) < 4.78 is 20.5. The molecule has 1 aromatic carbocycles. The number of aliphatic carboxylic acids is 1. The number of methoxy groups -OCH3 is 1. The first-order valence-electron chi connectivity index (χ1n) is 7.54. The summed E-state index contributed by atoms with van der Waals surface area (Å²) in [5, 5.41) is 9.85. The van der Waals surface area contributed by atoms with Gasteiger partial charge < -0.3 is 9.84 Å². The molecule has 25 heavy (non-hydrogen) atoms. The van der Waals surface area contributed by atoms with Gasteiger partial charge in [0.1, 0.15) is 17.6 Å². The van der Waals surface area contributed by atoms with Gasteiger partial charge in [-0.1, -0.05) is 32.4 Å². The van der Waals surface area contributed by atoms with Gasteiger partial charge in [-0.05, 0) is 23.6 Å². The first-order valence-corrected chi connectivity index (χ1v) is 7.92. The molecular formula is C18H19ClFNO4. The number of pyridine rings is 1. The van der Waals surface area contributed by atoms with Gasteiger partial charge in [0.05, 0.1) is 13.3 Å². The van der Waals surface area contributed by atoms with Crippen molar-refractivity contribution in [3.05, 3.63) is 51.7 Å². The lowest BCUT2D eigenvalue weighted by molar-refractivity contribution is -0.144. The highest BCUT2D eigenvalue weighted by atomic mass is 35.5. The van der Waals surface area contributed by atoms with Crippen LogP contribution in [0.2, 0.25) is 5.02 Å². The molecule has 5 nitrogen and oxygen atoms in total. The second-order valence-electron chi connectivity index (χ2n) is 6.73. The molecule has 0 saturated heterocycles. The molecular weight excluding hydrogens is 349 g/mol. The van der Waals surface area contributed by atoms with Gasteiger partial charge in [-0.2, -0.15) is 0 Å². The monoisotopic (exact) mass is 367 g/mol. The van der Waals surface area contributed by atoms with Gasteiger partial charge >= 0.3 is 5.97 Å². The Hall–Kier alpha value is -2.34. The summed E-state index contributed by atoms with van der Waals surface area (Å²) in [5.41, 5.74) is -0.973. The highest BCUT2D eigenvalue weighted by molar-refractivity contribution is 6.30. The van der Waals surface area contributed by atoms with Crippen molar-refractivity contribution in [2.75, 3.05) is 7.11 Å². The number of nitrogens with zero attached hydrogens (tertiary/aromatic N) is 1. The summed E-state index contributed by atoms with van der Waals surface area (Å²) in [5.74, 6) is -1.53. The lowest BCUT2D eigenvalue weighted by Crippen LogP contribution is -2.37. The van der Waals surface area contributed by atoms with Crippen molar-refractivity contribution in [1.82, 2.24) is 4.57 Å². The van der Waals surface area contributed by atoms with Crippen molar-refractivity contribution < 1.29 is 19.0 Å². The summed E-state index contributed by atoms with van der Waals surface area (Å²) >= 11 is 5.92. The van der Waals surface area contributed by atoms with E-state index in [1.807, 2.05) is 0 Å². The summed E-state index contributed by atoms with van der Waals surface area (Å²) in [6, 6.07) is 4.03. The van der Waals surface area contributed by atoms with Gasteiger partial charge in [0.25, 0.3) is 5.56 Å². The van der Waals surface area contributed by atoms with Crippen molar-refractivity contribution >= 4 is 17.6 Å². The summed E-state index contributed by atoms with van der Waals surface area (Å²) in [7, 11) is 1.36. The fraction of sp³-hybridized carbons (Fsp3) is 0.333. The van der Waals surface area contributed by atoms with Gasteiger partial charge in [0, 0.05) is 22.2 Å². The van der Waals surface area contributed by atoms with Crippen LogP contribution in [0.3, 0.4) is 0 Å². The fourth-order valence-electron chi connectivity index (χ4n) is 2.71. The van der Waals surface area contributed by atoms with Gasteiger partial charge in [0.2, 0.25) is 0 Å². The number of rotatable bonds is 4. The minimum absolute atomic E-state index is 0.108. The maximum Gasteiger partial charge on any atom is 0.327 e. The quantitative estimate of drug-likeness (QED) is 0.887. The zero-order valence-corrected chi connectivity index (χ0v) is 15.1. The number of hydrogen-bond acceptors (Lipinski definition) is 3. The molecule has 0 spiro atoms. The van der Waals surface area contributed by atoms with Gasteiger partial charge in [-0.3, -0.25) is 9.36 Å². The second-order valence-corrected chi connectivity index (χ2v) is 7.17. The van der Waals surface area contributed by atoms with Crippen LogP contribution in [0.1, 0.15) is 26.8 Å². The number of ether oxygens (including phenoxy) is 1. The molecule has 0 aliphatic heterocycles. The van der Waals surface area contributed by atoms with E-state index in [2.05, 4.69) is 0 Å². The predicted molar refractivity (Wildman–Crippen MR) is 93.8 cm³/mol. The molecule has 7 heteroatoms. The normalized spacial score (nSPS) is 12.7. The van der Waals surface area contributed by atoms with Crippen LogP contribution >= 0.6 is 11.6 Å². The molecule has 134 valence electrons. The number of carboxylic acids is 1. The van der Waals surface area contributed by atoms with Crippen LogP contribution in [-0.2, 0) is 4.79 Å². The van der Waals surface area contributed by atoms with Crippen LogP contribution in [0, 0.1) is 11.2 Å². The molecule has 0 aliphatic rings. The van der Waals surface area contributed by atoms with E-state index in [9.17, 15) is 19.1 Å². The topological polar surface area (TPSA) is 68.5 Å². The van der Waals surface area contributed by atoms with Gasteiger partial charge in [-0.15, -0.1) is 0 Å². The number of benzene rings is 1. The predicted octanol–water partition coefficient (Wildman–Crippen LogP) is 3.99. The molecule has 2 aromatic rings. The average molecular weight is 368 g/mol. The van der Waals surface area contributed by atoms with Crippen LogP contribution in [0.25, 0.3) is 11.1 Å². The Balaban J connectivity index is 2.73. The van der Waals surface area contributed by atoms with E-state index >= 15 is 0 Å². The largest absolute Gasteiger partial charge is 0.495 e. The van der Waals surface area contributed by atoms with E-state index in [1.165, 1.54) is 31.5 Å². The Bertz CT molecular complexity index is 870. The molecule has 0 aliphatic carbocycles. The van der Waals surface area contributed by atoms with Crippen molar-refractivity contribution in [2.24, 2.45) is 5.41 Å². The summed E-state index contributed by atoms with van der Waals surface area (Å²) in [6.07, 6.45) is 1.29. The zero-order chi connectivity index (χ0) is 18.9. The number of halogens is 2. The van der Waals surface area contributed by atoms with E-state index in [4.69, 9.17) is 16.3 Å². The highest BCUT2D eigenvalue weighted by Gasteiger charge is 2.34. The smallest absolute Gasteiger partial charge is 0.327 e. The van der Waals surface area contributed by atoms with Crippen LogP contribution in [0.15, 0.2) is 35.3 Å². The summed E-state index contributed by atoms with van der Waals surface area (Å²) in [6.45, 7) is 5.15. The zero-order valence-electron chi connectivity index (χ0n) is 14.3. The number of hydrogen-bond donors (Lipinski definition) is 1. The Labute approximate surface area is 149 Å². The van der Waals surface area contributed by atoms with Crippen LogP contribution in [0.5, 0.6) is 5.75 Å². The maximum atomic E-state index is 14.2. The molecule has 2 rings (SSSR count). The van der Waals surface area contributed by atoms with Crippen LogP contribution in [-0.4, -0.2) is 22.8 Å². The van der Waals surface area contributed by atoms with Crippen molar-refractivity contribution in [3.8, 4) is 16.9 Å². The molecule has 1 heterocycles. The van der Waals surface area contributed by atoms with Crippen molar-refractivity contribution in [3.63, 3.8) is 0 Å².